The van der Waals surface area contributed by atoms with Crippen LogP contribution in [0.2, 0.25) is 0 Å². The van der Waals surface area contributed by atoms with Crippen LogP contribution in [0.3, 0.4) is 0 Å². The summed E-state index contributed by atoms with van der Waals surface area (Å²) in [7, 11) is 0. The van der Waals surface area contributed by atoms with Gasteiger partial charge in [0.2, 0.25) is 0 Å². The maximum absolute atomic E-state index is 13.0. The minimum atomic E-state index is -0.0355. The molecule has 1 aromatic heterocycles. The average Bonchev–Trinajstić information content (AvgIpc) is 3.14. The van der Waals surface area contributed by atoms with E-state index in [4.69, 9.17) is 4.42 Å². The molecule has 146 valence electrons. The van der Waals surface area contributed by atoms with E-state index in [9.17, 15) is 4.79 Å². The lowest BCUT2D eigenvalue weighted by Gasteiger charge is -2.45. The lowest BCUT2D eigenvalue weighted by molar-refractivity contribution is 0.0295. The third kappa shape index (κ3) is 3.52. The second kappa shape index (κ2) is 7.68. The summed E-state index contributed by atoms with van der Waals surface area (Å²) in [5, 5.41) is 3.24. The second-order valence-electron chi connectivity index (χ2n) is 7.90. The number of oxazole rings is 1. The number of hydrogen-bond donors (Lipinski definition) is 1. The average molecular weight is 391 g/mol. The van der Waals surface area contributed by atoms with Crippen molar-refractivity contribution in [1.29, 1.82) is 0 Å². The van der Waals surface area contributed by atoms with Crippen molar-refractivity contribution in [1.82, 2.24) is 15.2 Å². The number of carbonyl (C=O) groups is 1. The first-order valence-corrected chi connectivity index (χ1v) is 9.97. The number of benzene rings is 1. The minimum absolute atomic E-state index is 0. The number of rotatable bonds is 3. The van der Waals surface area contributed by atoms with Crippen molar-refractivity contribution in [2.24, 2.45) is 5.92 Å². The first-order chi connectivity index (χ1) is 12.8. The lowest BCUT2D eigenvalue weighted by atomic mass is 9.86. The Labute approximate surface area is 165 Å². The number of aromatic nitrogens is 1. The van der Waals surface area contributed by atoms with E-state index in [2.05, 4.69) is 20.1 Å². The molecule has 2 aromatic rings. The van der Waals surface area contributed by atoms with E-state index < -0.39 is 0 Å². The molecule has 5 heterocycles. The summed E-state index contributed by atoms with van der Waals surface area (Å²) in [6, 6.07) is 6.30. The Hall–Kier alpha value is -1.79. The Bertz CT molecular complexity index is 809. The molecule has 1 amide bonds. The van der Waals surface area contributed by atoms with Crippen molar-refractivity contribution in [2.45, 2.75) is 44.7 Å². The van der Waals surface area contributed by atoms with Crippen LogP contribution >= 0.6 is 12.4 Å². The van der Waals surface area contributed by atoms with Gasteiger partial charge < -0.3 is 14.6 Å². The summed E-state index contributed by atoms with van der Waals surface area (Å²) in [6.45, 7) is 4.16. The monoisotopic (exact) mass is 390 g/mol. The van der Waals surface area contributed by atoms with Crippen LogP contribution < -0.4 is 10.2 Å². The molecule has 0 radical (unpaired) electrons. The number of hydrogen-bond acceptors (Lipinski definition) is 5. The topological polar surface area (TPSA) is 61.6 Å². The van der Waals surface area contributed by atoms with E-state index >= 15 is 0 Å². The van der Waals surface area contributed by atoms with Crippen molar-refractivity contribution in [2.75, 3.05) is 31.1 Å². The SMILES string of the molecule is Cl.O=C(N[C@@H]1CC2CCN1CC2)c1cccc2oc(N3CCCCC3)nc12. The molecule has 27 heavy (non-hydrogen) atoms. The molecule has 0 saturated carbocycles. The van der Waals surface area contributed by atoms with Crippen LogP contribution in [-0.4, -0.2) is 48.1 Å². The highest BCUT2D eigenvalue weighted by Gasteiger charge is 2.34. The van der Waals surface area contributed by atoms with Crippen LogP contribution in [0.5, 0.6) is 0 Å². The van der Waals surface area contributed by atoms with Gasteiger partial charge in [-0.2, -0.15) is 4.98 Å². The number of amides is 1. The minimum Gasteiger partial charge on any atom is -0.423 e. The molecule has 0 aliphatic carbocycles. The van der Waals surface area contributed by atoms with Crippen molar-refractivity contribution in [3.63, 3.8) is 0 Å². The number of para-hydroxylation sites is 1. The number of piperidine rings is 4. The van der Waals surface area contributed by atoms with Crippen LogP contribution in [0.15, 0.2) is 22.6 Å². The zero-order valence-electron chi connectivity index (χ0n) is 15.5. The summed E-state index contributed by atoms with van der Waals surface area (Å²) in [5.41, 5.74) is 2.00. The maximum Gasteiger partial charge on any atom is 0.298 e. The van der Waals surface area contributed by atoms with Gasteiger partial charge in [-0.3, -0.25) is 9.69 Å². The molecule has 1 aromatic carbocycles. The molecule has 4 saturated heterocycles. The van der Waals surface area contributed by atoms with Gasteiger partial charge in [0, 0.05) is 26.2 Å². The fourth-order valence-electron chi connectivity index (χ4n) is 4.68. The first kappa shape index (κ1) is 18.6. The maximum atomic E-state index is 13.0. The van der Waals surface area contributed by atoms with E-state index in [1.54, 1.807) is 0 Å². The van der Waals surface area contributed by atoms with E-state index in [1.165, 1.54) is 32.1 Å². The number of carbonyl (C=O) groups excluding carboxylic acids is 1. The molecule has 0 unspecified atom stereocenters. The van der Waals surface area contributed by atoms with Crippen LogP contribution in [0.25, 0.3) is 11.1 Å². The smallest absolute Gasteiger partial charge is 0.298 e. The fraction of sp³-hybridized carbons (Fsp3) is 0.600. The van der Waals surface area contributed by atoms with Crippen molar-refractivity contribution < 1.29 is 9.21 Å². The van der Waals surface area contributed by atoms with Crippen molar-refractivity contribution in [3.05, 3.63) is 23.8 Å². The quantitative estimate of drug-likeness (QED) is 0.870. The number of anilines is 1. The van der Waals surface area contributed by atoms with Crippen LogP contribution in [0, 0.1) is 5.92 Å². The number of halogens is 1. The van der Waals surface area contributed by atoms with Gasteiger partial charge >= 0.3 is 0 Å². The van der Waals surface area contributed by atoms with E-state index in [-0.39, 0.29) is 24.5 Å². The number of fused-ring (bicyclic) bond motifs is 4. The van der Waals surface area contributed by atoms with E-state index in [0.717, 1.165) is 38.5 Å². The largest absolute Gasteiger partial charge is 0.423 e. The Morgan fingerprint density at radius 1 is 1.11 bits per heavy atom. The molecule has 1 atom stereocenters. The molecule has 0 spiro atoms. The van der Waals surface area contributed by atoms with Crippen LogP contribution in [0.4, 0.5) is 6.01 Å². The van der Waals surface area contributed by atoms with Crippen molar-refractivity contribution in [3.8, 4) is 0 Å². The molecular formula is C20H27ClN4O2. The Morgan fingerprint density at radius 3 is 2.59 bits per heavy atom. The van der Waals surface area contributed by atoms with Crippen molar-refractivity contribution >= 4 is 35.4 Å². The molecule has 4 fully saturated rings. The lowest BCUT2D eigenvalue weighted by Crippen LogP contribution is -2.56. The summed E-state index contributed by atoms with van der Waals surface area (Å²) in [5.74, 6) is 0.727. The van der Waals surface area contributed by atoms with Crippen LogP contribution in [-0.2, 0) is 0 Å². The molecule has 7 heteroatoms. The molecule has 6 nitrogen and oxygen atoms in total. The zero-order valence-corrected chi connectivity index (χ0v) is 16.3. The van der Waals surface area contributed by atoms with Gasteiger partial charge in [0.05, 0.1) is 11.7 Å². The number of nitrogens with one attached hydrogen (secondary N) is 1. The first-order valence-electron chi connectivity index (χ1n) is 9.97. The summed E-state index contributed by atoms with van der Waals surface area (Å²) in [4.78, 5) is 22.2. The molecule has 1 N–H and O–H groups in total. The summed E-state index contributed by atoms with van der Waals surface area (Å²) < 4.78 is 5.96. The second-order valence-corrected chi connectivity index (χ2v) is 7.90. The predicted octanol–water partition coefficient (Wildman–Crippen LogP) is 3.41. The normalized spacial score (nSPS) is 27.4. The summed E-state index contributed by atoms with van der Waals surface area (Å²) in [6.07, 6.45) is 7.38. The number of nitrogens with zero attached hydrogens (tertiary/aromatic N) is 3. The predicted molar refractivity (Wildman–Crippen MR) is 107 cm³/mol. The van der Waals surface area contributed by atoms with Crippen LogP contribution in [0.1, 0.15) is 48.9 Å². The highest BCUT2D eigenvalue weighted by Crippen LogP contribution is 2.31. The highest BCUT2D eigenvalue weighted by atomic mass is 35.5. The molecular weight excluding hydrogens is 364 g/mol. The molecule has 4 aliphatic rings. The zero-order chi connectivity index (χ0) is 17.5. The third-order valence-electron chi connectivity index (χ3n) is 6.22. The van der Waals surface area contributed by atoms with E-state index in [1.807, 2.05) is 18.2 Å². The molecule has 4 aliphatic heterocycles. The Morgan fingerprint density at radius 2 is 1.89 bits per heavy atom. The fourth-order valence-corrected chi connectivity index (χ4v) is 4.68. The van der Waals surface area contributed by atoms with Gasteiger partial charge in [-0.15, -0.1) is 12.4 Å². The third-order valence-corrected chi connectivity index (χ3v) is 6.22. The van der Waals surface area contributed by atoms with Gasteiger partial charge in [-0.1, -0.05) is 6.07 Å². The van der Waals surface area contributed by atoms with Gasteiger partial charge in [0.25, 0.3) is 11.9 Å². The highest BCUT2D eigenvalue weighted by molar-refractivity contribution is 6.04. The molecule has 6 rings (SSSR count). The van der Waals surface area contributed by atoms with Gasteiger partial charge in [0.15, 0.2) is 5.58 Å². The summed E-state index contributed by atoms with van der Waals surface area (Å²) >= 11 is 0. The Kier molecular flexibility index (Phi) is 5.28. The van der Waals surface area contributed by atoms with Gasteiger partial charge in [-0.05, 0) is 56.6 Å². The van der Waals surface area contributed by atoms with Gasteiger partial charge in [0.1, 0.15) is 5.52 Å². The van der Waals surface area contributed by atoms with Gasteiger partial charge in [-0.25, -0.2) is 0 Å². The molecule has 2 bridgehead atoms. The van der Waals surface area contributed by atoms with E-state index in [0.29, 0.717) is 22.7 Å². The standard InChI is InChI=1S/C20H26N4O2.ClH/c25-19(21-17-13-14-7-11-23(17)12-8-14)15-5-4-6-16-18(15)22-20(26-16)24-9-2-1-3-10-24;/h4-6,14,17H,1-3,7-13H2,(H,21,25);1H/t17-;/m0./s1. The Balaban J connectivity index is 0.00000180.